The van der Waals surface area contributed by atoms with Crippen molar-refractivity contribution in [3.8, 4) is 0 Å². The number of hydrazine groups is 1. The average molecular weight is 286 g/mol. The number of rotatable bonds is 3. The maximum Gasteiger partial charge on any atom is 0.124 e. The van der Waals surface area contributed by atoms with E-state index in [0.717, 1.165) is 20.5 Å². The van der Waals surface area contributed by atoms with E-state index in [1.807, 2.05) is 12.1 Å². The van der Waals surface area contributed by atoms with Crippen molar-refractivity contribution in [3.63, 3.8) is 0 Å². The lowest BCUT2D eigenvalue weighted by atomic mass is 10.0. The molecule has 0 saturated heterocycles. The topological polar surface area (TPSA) is 38.0 Å². The van der Waals surface area contributed by atoms with E-state index in [4.69, 9.17) is 5.84 Å². The predicted octanol–water partition coefficient (Wildman–Crippen LogP) is 3.90. The van der Waals surface area contributed by atoms with Gasteiger partial charge in [0.2, 0.25) is 0 Å². The highest BCUT2D eigenvalue weighted by Gasteiger charge is 2.15. The van der Waals surface area contributed by atoms with Crippen molar-refractivity contribution in [1.29, 1.82) is 0 Å². The lowest BCUT2D eigenvalue weighted by Crippen LogP contribution is -2.28. The Morgan fingerprint density at radius 3 is 2.75 bits per heavy atom. The van der Waals surface area contributed by atoms with Crippen molar-refractivity contribution < 1.29 is 4.39 Å². The molecule has 3 aromatic rings. The van der Waals surface area contributed by atoms with Gasteiger partial charge in [0.25, 0.3) is 0 Å². The Labute approximate surface area is 121 Å². The molecule has 0 radical (unpaired) electrons. The number of hydrogen-bond donors (Lipinski definition) is 2. The fraction of sp³-hybridized carbons (Fsp3) is 0.125. The van der Waals surface area contributed by atoms with E-state index in [1.165, 1.54) is 11.6 Å². The number of nitrogens with two attached hydrogens (primary N) is 1. The van der Waals surface area contributed by atoms with Crippen LogP contribution >= 0.6 is 11.3 Å². The standard InChI is InChI=1S/C16H15FN2S/c1-10-3-2-4-12(7-10)16(19-18)15-8-11-5-6-13(17)9-14(11)20-15/h2-9,16,19H,18H2,1H3. The van der Waals surface area contributed by atoms with Crippen LogP contribution in [0.4, 0.5) is 4.39 Å². The summed E-state index contributed by atoms with van der Waals surface area (Å²) in [4.78, 5) is 1.08. The lowest BCUT2D eigenvalue weighted by molar-refractivity contribution is 0.630. The maximum absolute atomic E-state index is 13.3. The quantitative estimate of drug-likeness (QED) is 0.566. The summed E-state index contributed by atoms with van der Waals surface area (Å²) in [6, 6.07) is 15.1. The second-order valence-corrected chi connectivity index (χ2v) is 5.96. The first-order chi connectivity index (χ1) is 9.67. The zero-order valence-electron chi connectivity index (χ0n) is 11.1. The Hall–Kier alpha value is -1.75. The van der Waals surface area contributed by atoms with Crippen molar-refractivity contribution >= 4 is 21.4 Å². The number of thiophene rings is 1. The van der Waals surface area contributed by atoms with Crippen molar-refractivity contribution in [2.75, 3.05) is 0 Å². The van der Waals surface area contributed by atoms with Gasteiger partial charge in [0.15, 0.2) is 0 Å². The minimum atomic E-state index is -0.210. The van der Waals surface area contributed by atoms with Crippen LogP contribution in [0.3, 0.4) is 0 Å². The van der Waals surface area contributed by atoms with Gasteiger partial charge in [-0.15, -0.1) is 11.3 Å². The molecule has 0 saturated carbocycles. The molecule has 4 heteroatoms. The Morgan fingerprint density at radius 1 is 1.15 bits per heavy atom. The van der Waals surface area contributed by atoms with Crippen molar-refractivity contribution in [2.24, 2.45) is 5.84 Å². The molecule has 1 heterocycles. The fourth-order valence-corrected chi connectivity index (χ4v) is 3.54. The molecule has 1 atom stereocenters. The predicted molar refractivity (Wildman–Crippen MR) is 82.1 cm³/mol. The lowest BCUT2D eigenvalue weighted by Gasteiger charge is -2.15. The molecule has 3 rings (SSSR count). The molecule has 2 nitrogen and oxygen atoms in total. The molecule has 20 heavy (non-hydrogen) atoms. The molecule has 0 aliphatic heterocycles. The van der Waals surface area contributed by atoms with Crippen LogP contribution in [0.1, 0.15) is 22.0 Å². The summed E-state index contributed by atoms with van der Waals surface area (Å²) < 4.78 is 14.2. The molecule has 0 bridgehead atoms. The van der Waals surface area contributed by atoms with Crippen LogP contribution in [0.25, 0.3) is 10.1 Å². The Bertz CT molecular complexity index is 751. The third kappa shape index (κ3) is 2.45. The summed E-state index contributed by atoms with van der Waals surface area (Å²) >= 11 is 1.56. The number of fused-ring (bicyclic) bond motifs is 1. The monoisotopic (exact) mass is 286 g/mol. The normalized spacial score (nSPS) is 12.8. The van der Waals surface area contributed by atoms with E-state index in [9.17, 15) is 4.39 Å². The third-order valence-electron chi connectivity index (χ3n) is 3.33. The van der Waals surface area contributed by atoms with Gasteiger partial charge in [-0.1, -0.05) is 35.9 Å². The van der Waals surface area contributed by atoms with Crippen LogP contribution in [0.5, 0.6) is 0 Å². The molecule has 0 fully saturated rings. The first kappa shape index (κ1) is 13.2. The third-order valence-corrected chi connectivity index (χ3v) is 4.49. The maximum atomic E-state index is 13.3. The van der Waals surface area contributed by atoms with E-state index >= 15 is 0 Å². The van der Waals surface area contributed by atoms with Crippen molar-refractivity contribution in [3.05, 3.63) is 70.4 Å². The first-order valence-electron chi connectivity index (χ1n) is 6.39. The van der Waals surface area contributed by atoms with Crippen LogP contribution in [0.15, 0.2) is 48.5 Å². The summed E-state index contributed by atoms with van der Waals surface area (Å²) in [6.45, 7) is 2.05. The zero-order valence-corrected chi connectivity index (χ0v) is 11.9. The summed E-state index contributed by atoms with van der Waals surface area (Å²) in [5.74, 6) is 5.51. The van der Waals surface area contributed by atoms with E-state index in [-0.39, 0.29) is 11.9 Å². The van der Waals surface area contributed by atoms with Gasteiger partial charge in [-0.25, -0.2) is 9.82 Å². The average Bonchev–Trinajstić information content (AvgIpc) is 2.82. The SMILES string of the molecule is Cc1cccc(C(NN)c2cc3ccc(F)cc3s2)c1. The van der Waals surface area contributed by atoms with Crippen LogP contribution in [-0.4, -0.2) is 0 Å². The summed E-state index contributed by atoms with van der Waals surface area (Å²) in [5, 5.41) is 1.04. The largest absolute Gasteiger partial charge is 0.271 e. The van der Waals surface area contributed by atoms with Gasteiger partial charge in [0.1, 0.15) is 5.82 Å². The number of hydrogen-bond acceptors (Lipinski definition) is 3. The van der Waals surface area contributed by atoms with Gasteiger partial charge in [-0.05, 0) is 36.1 Å². The molecule has 102 valence electrons. The van der Waals surface area contributed by atoms with Gasteiger partial charge in [0, 0.05) is 9.58 Å². The van der Waals surface area contributed by atoms with Gasteiger partial charge in [-0.3, -0.25) is 5.84 Å². The van der Waals surface area contributed by atoms with Gasteiger partial charge < -0.3 is 0 Å². The number of benzene rings is 2. The molecular formula is C16H15FN2S. The van der Waals surface area contributed by atoms with Crippen molar-refractivity contribution in [2.45, 2.75) is 13.0 Å². The molecule has 1 aromatic heterocycles. The van der Waals surface area contributed by atoms with Gasteiger partial charge >= 0.3 is 0 Å². The highest BCUT2D eigenvalue weighted by Crippen LogP contribution is 2.33. The van der Waals surface area contributed by atoms with Crippen LogP contribution < -0.4 is 11.3 Å². The summed E-state index contributed by atoms with van der Waals surface area (Å²) in [7, 11) is 0. The highest BCUT2D eigenvalue weighted by molar-refractivity contribution is 7.19. The second kappa shape index (κ2) is 5.32. The molecule has 2 aromatic carbocycles. The molecular weight excluding hydrogens is 271 g/mol. The minimum absolute atomic E-state index is 0.0737. The Kier molecular flexibility index (Phi) is 3.53. The Balaban J connectivity index is 2.07. The molecule has 0 aliphatic carbocycles. The van der Waals surface area contributed by atoms with Crippen molar-refractivity contribution in [1.82, 2.24) is 5.43 Å². The van der Waals surface area contributed by atoms with Gasteiger partial charge in [0.05, 0.1) is 6.04 Å². The smallest absolute Gasteiger partial charge is 0.124 e. The highest BCUT2D eigenvalue weighted by atomic mass is 32.1. The summed E-state index contributed by atoms with van der Waals surface area (Å²) in [5.41, 5.74) is 5.15. The Morgan fingerprint density at radius 2 is 2.00 bits per heavy atom. The van der Waals surface area contributed by atoms with Gasteiger partial charge in [-0.2, -0.15) is 0 Å². The van der Waals surface area contributed by atoms with E-state index in [0.29, 0.717) is 0 Å². The molecule has 0 spiro atoms. The molecule has 0 aliphatic rings. The zero-order chi connectivity index (χ0) is 14.1. The van der Waals surface area contributed by atoms with Crippen LogP contribution in [0.2, 0.25) is 0 Å². The van der Waals surface area contributed by atoms with Crippen LogP contribution in [0, 0.1) is 12.7 Å². The molecule has 1 unspecified atom stereocenters. The van der Waals surface area contributed by atoms with E-state index < -0.39 is 0 Å². The van der Waals surface area contributed by atoms with Crippen LogP contribution in [-0.2, 0) is 0 Å². The van der Waals surface area contributed by atoms with E-state index in [2.05, 4.69) is 30.5 Å². The number of aryl methyl sites for hydroxylation is 1. The number of halogens is 1. The summed E-state index contributed by atoms with van der Waals surface area (Å²) in [6.07, 6.45) is 0. The fourth-order valence-electron chi connectivity index (χ4n) is 2.36. The number of nitrogens with one attached hydrogen (secondary N) is 1. The van der Waals surface area contributed by atoms with E-state index in [1.54, 1.807) is 23.5 Å². The first-order valence-corrected chi connectivity index (χ1v) is 7.21. The second-order valence-electron chi connectivity index (χ2n) is 4.84. The molecule has 3 N–H and O–H groups in total. The molecule has 0 amide bonds. The minimum Gasteiger partial charge on any atom is -0.271 e.